The SMILES string of the molecule is CC(C)Cc1ccc(S(=O)(=O)NCc2nnc(C(=O)Nc3ccc(F)cc3F)s2)cc1. The third kappa shape index (κ3) is 6.12. The number of sulfonamides is 1. The highest BCUT2D eigenvalue weighted by Crippen LogP contribution is 2.18. The van der Waals surface area contributed by atoms with Crippen molar-refractivity contribution in [3.63, 3.8) is 0 Å². The largest absolute Gasteiger partial charge is 0.317 e. The van der Waals surface area contributed by atoms with Crippen LogP contribution in [0.2, 0.25) is 0 Å². The molecule has 0 aliphatic carbocycles. The summed E-state index contributed by atoms with van der Waals surface area (Å²) in [5.74, 6) is -1.97. The van der Waals surface area contributed by atoms with E-state index in [0.717, 1.165) is 35.5 Å². The number of hydrogen-bond acceptors (Lipinski definition) is 6. The number of amides is 1. The van der Waals surface area contributed by atoms with Gasteiger partial charge in [-0.05, 0) is 42.2 Å². The molecule has 1 amide bonds. The van der Waals surface area contributed by atoms with Gasteiger partial charge in [-0.2, -0.15) is 0 Å². The number of nitrogens with one attached hydrogen (secondary N) is 2. The van der Waals surface area contributed by atoms with E-state index in [4.69, 9.17) is 0 Å². The van der Waals surface area contributed by atoms with Gasteiger partial charge in [0.25, 0.3) is 5.91 Å². The molecule has 0 unspecified atom stereocenters. The Kier molecular flexibility index (Phi) is 7.08. The number of carbonyl (C=O) groups is 1. The Morgan fingerprint density at radius 2 is 1.81 bits per heavy atom. The van der Waals surface area contributed by atoms with Crippen LogP contribution in [0.1, 0.15) is 34.2 Å². The standard InChI is InChI=1S/C20H20F2N4O3S2/c1-12(2)9-13-3-6-15(7-4-13)31(28,29)23-11-18-25-26-20(30-18)19(27)24-17-8-5-14(21)10-16(17)22/h3-8,10,12,23H,9,11H2,1-2H3,(H,24,27). The van der Waals surface area contributed by atoms with Gasteiger partial charge in [0.05, 0.1) is 17.1 Å². The van der Waals surface area contributed by atoms with E-state index in [1.807, 2.05) is 0 Å². The lowest BCUT2D eigenvalue weighted by Crippen LogP contribution is -2.23. The van der Waals surface area contributed by atoms with Crippen molar-refractivity contribution in [2.45, 2.75) is 31.7 Å². The molecule has 2 aromatic carbocycles. The molecule has 0 fully saturated rings. The molecule has 1 aromatic heterocycles. The number of benzene rings is 2. The number of rotatable bonds is 8. The maximum atomic E-state index is 13.7. The van der Waals surface area contributed by atoms with Crippen LogP contribution < -0.4 is 10.0 Å². The maximum Gasteiger partial charge on any atom is 0.286 e. The summed E-state index contributed by atoms with van der Waals surface area (Å²) < 4.78 is 54.0. The van der Waals surface area contributed by atoms with Crippen LogP contribution in [-0.4, -0.2) is 24.5 Å². The minimum atomic E-state index is -3.77. The Balaban J connectivity index is 1.62. The van der Waals surface area contributed by atoms with Crippen LogP contribution in [0.25, 0.3) is 0 Å². The second-order valence-electron chi connectivity index (χ2n) is 7.15. The summed E-state index contributed by atoms with van der Waals surface area (Å²) in [5.41, 5.74) is 0.844. The molecule has 2 N–H and O–H groups in total. The molecule has 0 spiro atoms. The molecular weight excluding hydrogens is 446 g/mol. The normalized spacial score (nSPS) is 11.6. The van der Waals surface area contributed by atoms with Gasteiger partial charge in [-0.1, -0.05) is 37.3 Å². The Bertz CT molecular complexity index is 1180. The topological polar surface area (TPSA) is 101 Å². The smallest absolute Gasteiger partial charge is 0.286 e. The van der Waals surface area contributed by atoms with E-state index in [0.29, 0.717) is 12.0 Å². The lowest BCUT2D eigenvalue weighted by atomic mass is 10.0. The van der Waals surface area contributed by atoms with Gasteiger partial charge in [-0.25, -0.2) is 21.9 Å². The van der Waals surface area contributed by atoms with Crippen LogP contribution >= 0.6 is 11.3 Å². The summed E-state index contributed by atoms with van der Waals surface area (Å²) in [7, 11) is -3.77. The zero-order chi connectivity index (χ0) is 22.6. The molecule has 0 saturated heterocycles. The molecule has 0 radical (unpaired) electrons. The van der Waals surface area contributed by atoms with E-state index in [1.54, 1.807) is 12.1 Å². The lowest BCUT2D eigenvalue weighted by molar-refractivity contribution is 0.102. The number of anilines is 1. The Labute approximate surface area is 182 Å². The molecule has 0 atom stereocenters. The van der Waals surface area contributed by atoms with Crippen molar-refractivity contribution >= 4 is 33.0 Å². The first-order valence-electron chi connectivity index (χ1n) is 9.31. The van der Waals surface area contributed by atoms with E-state index in [9.17, 15) is 22.0 Å². The van der Waals surface area contributed by atoms with Gasteiger partial charge in [0.2, 0.25) is 15.0 Å². The van der Waals surface area contributed by atoms with Crippen molar-refractivity contribution in [1.82, 2.24) is 14.9 Å². The number of carbonyl (C=O) groups excluding carboxylic acids is 1. The van der Waals surface area contributed by atoms with Gasteiger partial charge in [0.15, 0.2) is 0 Å². The molecule has 0 saturated carbocycles. The lowest BCUT2D eigenvalue weighted by Gasteiger charge is -2.08. The van der Waals surface area contributed by atoms with Gasteiger partial charge in [0.1, 0.15) is 16.6 Å². The molecule has 0 aliphatic rings. The summed E-state index contributed by atoms with van der Waals surface area (Å²) in [4.78, 5) is 12.3. The van der Waals surface area contributed by atoms with Gasteiger partial charge >= 0.3 is 0 Å². The third-order valence-electron chi connectivity index (χ3n) is 4.13. The first kappa shape index (κ1) is 22.9. The van der Waals surface area contributed by atoms with E-state index in [1.165, 1.54) is 12.1 Å². The average molecular weight is 467 g/mol. The monoisotopic (exact) mass is 466 g/mol. The number of halogens is 2. The molecule has 1 heterocycles. The van der Waals surface area contributed by atoms with Gasteiger partial charge in [-0.3, -0.25) is 4.79 Å². The second kappa shape index (κ2) is 9.58. The summed E-state index contributed by atoms with van der Waals surface area (Å²) in [6.45, 7) is 4.00. The van der Waals surface area contributed by atoms with Crippen LogP contribution in [0, 0.1) is 17.6 Å². The van der Waals surface area contributed by atoms with Crippen molar-refractivity contribution in [3.05, 3.63) is 69.7 Å². The molecule has 3 aromatic rings. The van der Waals surface area contributed by atoms with Crippen LogP contribution in [0.4, 0.5) is 14.5 Å². The van der Waals surface area contributed by atoms with Crippen molar-refractivity contribution < 1.29 is 22.0 Å². The third-order valence-corrected chi connectivity index (χ3v) is 6.47. The highest BCUT2D eigenvalue weighted by Gasteiger charge is 2.18. The van der Waals surface area contributed by atoms with Crippen molar-refractivity contribution in [2.75, 3.05) is 5.32 Å². The molecule has 3 rings (SSSR count). The van der Waals surface area contributed by atoms with Crippen LogP contribution in [0.15, 0.2) is 47.4 Å². The van der Waals surface area contributed by atoms with E-state index in [-0.39, 0.29) is 27.1 Å². The first-order valence-corrected chi connectivity index (χ1v) is 11.6. The number of nitrogens with zero attached hydrogens (tertiary/aromatic N) is 2. The number of hydrogen-bond donors (Lipinski definition) is 2. The second-order valence-corrected chi connectivity index (χ2v) is 9.97. The average Bonchev–Trinajstić information content (AvgIpc) is 3.18. The molecule has 7 nitrogen and oxygen atoms in total. The van der Waals surface area contributed by atoms with Gasteiger partial charge < -0.3 is 5.32 Å². The molecule has 11 heteroatoms. The highest BCUT2D eigenvalue weighted by molar-refractivity contribution is 7.89. The first-order chi connectivity index (χ1) is 14.6. The van der Waals surface area contributed by atoms with Crippen molar-refractivity contribution in [2.24, 2.45) is 5.92 Å². The maximum absolute atomic E-state index is 13.7. The van der Waals surface area contributed by atoms with E-state index in [2.05, 4.69) is 34.1 Å². The molecule has 31 heavy (non-hydrogen) atoms. The molecule has 0 aliphatic heterocycles. The fourth-order valence-corrected chi connectivity index (χ4v) is 4.45. The highest BCUT2D eigenvalue weighted by atomic mass is 32.2. The minimum absolute atomic E-state index is 0.0871. The summed E-state index contributed by atoms with van der Waals surface area (Å²) >= 11 is 0.857. The van der Waals surface area contributed by atoms with Crippen LogP contribution in [-0.2, 0) is 23.0 Å². The summed E-state index contributed by atoms with van der Waals surface area (Å²) in [5, 5.41) is 9.92. The van der Waals surface area contributed by atoms with E-state index >= 15 is 0 Å². The summed E-state index contributed by atoms with van der Waals surface area (Å²) in [6, 6.07) is 9.37. The zero-order valence-corrected chi connectivity index (χ0v) is 18.4. The van der Waals surface area contributed by atoms with Crippen molar-refractivity contribution in [1.29, 1.82) is 0 Å². The van der Waals surface area contributed by atoms with Gasteiger partial charge in [0, 0.05) is 6.07 Å². The Hall–Kier alpha value is -2.76. The summed E-state index contributed by atoms with van der Waals surface area (Å²) in [6.07, 6.45) is 0.852. The fourth-order valence-electron chi connectivity index (χ4n) is 2.70. The number of aromatic nitrogens is 2. The van der Waals surface area contributed by atoms with Crippen LogP contribution in [0.5, 0.6) is 0 Å². The van der Waals surface area contributed by atoms with Crippen LogP contribution in [0.3, 0.4) is 0 Å². The van der Waals surface area contributed by atoms with Gasteiger partial charge in [-0.15, -0.1) is 10.2 Å². The van der Waals surface area contributed by atoms with Crippen molar-refractivity contribution in [3.8, 4) is 0 Å². The van der Waals surface area contributed by atoms with E-state index < -0.39 is 27.6 Å². The predicted octanol–water partition coefficient (Wildman–Crippen LogP) is 3.75. The molecule has 0 bridgehead atoms. The predicted molar refractivity (Wildman–Crippen MR) is 113 cm³/mol. The molecular formula is C20H20F2N4O3S2. The Morgan fingerprint density at radius 3 is 2.45 bits per heavy atom. The zero-order valence-electron chi connectivity index (χ0n) is 16.7. The quantitative estimate of drug-likeness (QED) is 0.527. The molecule has 164 valence electrons. The minimum Gasteiger partial charge on any atom is -0.317 e. The Morgan fingerprint density at radius 1 is 1.10 bits per heavy atom. The fraction of sp³-hybridized carbons (Fsp3) is 0.250.